The molecule has 0 radical (unpaired) electrons. The van der Waals surface area contributed by atoms with E-state index in [-0.39, 0.29) is 30.1 Å². The van der Waals surface area contributed by atoms with Crippen LogP contribution in [0.4, 0.5) is 5.69 Å². The Labute approximate surface area is 190 Å². The number of benzene rings is 2. The molecule has 2 aromatic rings. The van der Waals surface area contributed by atoms with E-state index in [0.29, 0.717) is 24.5 Å². The molecule has 0 aliphatic carbocycles. The number of ether oxygens (including phenoxy) is 2. The van der Waals surface area contributed by atoms with E-state index in [9.17, 15) is 13.2 Å². The molecule has 0 aromatic heterocycles. The van der Waals surface area contributed by atoms with Crippen molar-refractivity contribution >= 4 is 21.4 Å². The minimum atomic E-state index is -3.12. The molecule has 0 bridgehead atoms. The molecule has 0 N–H and O–H groups in total. The van der Waals surface area contributed by atoms with Crippen LogP contribution in [-0.4, -0.2) is 63.6 Å². The van der Waals surface area contributed by atoms with Gasteiger partial charge in [-0.05, 0) is 62.2 Å². The SMILES string of the molecule is CCN(CC)c1ccc(CN(C(=O)COc2ccc(OC)cc2)C2CCS(=O)(=O)C2)cc1. The first kappa shape index (κ1) is 23.9. The summed E-state index contributed by atoms with van der Waals surface area (Å²) in [6, 6.07) is 14.8. The molecule has 1 heterocycles. The third-order valence-corrected chi connectivity index (χ3v) is 7.56. The van der Waals surface area contributed by atoms with Gasteiger partial charge in [-0.3, -0.25) is 4.79 Å². The Kier molecular flexibility index (Phi) is 8.01. The highest BCUT2D eigenvalue weighted by atomic mass is 32.2. The molecule has 1 amide bonds. The van der Waals surface area contributed by atoms with Crippen LogP contribution in [0.5, 0.6) is 11.5 Å². The fourth-order valence-electron chi connectivity index (χ4n) is 3.94. The maximum Gasteiger partial charge on any atom is 0.261 e. The number of anilines is 1. The standard InChI is InChI=1S/C24H32N2O5S/c1-4-25(5-2)20-8-6-19(7-9-20)16-26(21-14-15-32(28,29)18-21)24(27)17-31-23-12-10-22(30-3)11-13-23/h6-13,21H,4-5,14-18H2,1-3H3. The second-order valence-corrected chi connectivity index (χ2v) is 10.1. The molecule has 1 fully saturated rings. The molecule has 32 heavy (non-hydrogen) atoms. The summed E-state index contributed by atoms with van der Waals surface area (Å²) in [4.78, 5) is 17.0. The second kappa shape index (κ2) is 10.7. The van der Waals surface area contributed by atoms with Gasteiger partial charge in [-0.25, -0.2) is 8.42 Å². The molecule has 0 saturated carbocycles. The van der Waals surface area contributed by atoms with Gasteiger partial charge in [0.25, 0.3) is 5.91 Å². The van der Waals surface area contributed by atoms with Gasteiger partial charge in [-0.15, -0.1) is 0 Å². The van der Waals surface area contributed by atoms with Gasteiger partial charge in [0.05, 0.1) is 18.6 Å². The quantitative estimate of drug-likeness (QED) is 0.542. The predicted molar refractivity (Wildman–Crippen MR) is 126 cm³/mol. The molecule has 1 saturated heterocycles. The number of amides is 1. The topological polar surface area (TPSA) is 76.2 Å². The van der Waals surface area contributed by atoms with Crippen molar-refractivity contribution in [3.63, 3.8) is 0 Å². The molecule has 1 unspecified atom stereocenters. The average molecular weight is 461 g/mol. The average Bonchev–Trinajstić information content (AvgIpc) is 3.17. The van der Waals surface area contributed by atoms with Crippen molar-refractivity contribution in [2.45, 2.75) is 32.9 Å². The lowest BCUT2D eigenvalue weighted by molar-refractivity contribution is -0.136. The zero-order valence-electron chi connectivity index (χ0n) is 19.0. The normalized spacial score (nSPS) is 17.0. The van der Waals surface area contributed by atoms with Crippen molar-refractivity contribution in [2.75, 3.05) is 43.2 Å². The lowest BCUT2D eigenvalue weighted by atomic mass is 10.1. The molecule has 1 atom stereocenters. The highest BCUT2D eigenvalue weighted by Crippen LogP contribution is 2.23. The van der Waals surface area contributed by atoms with Crippen molar-refractivity contribution in [1.82, 2.24) is 4.90 Å². The van der Waals surface area contributed by atoms with E-state index in [1.165, 1.54) is 0 Å². The number of methoxy groups -OCH3 is 1. The van der Waals surface area contributed by atoms with E-state index in [1.54, 1.807) is 36.3 Å². The molecular weight excluding hydrogens is 428 g/mol. The van der Waals surface area contributed by atoms with Crippen molar-refractivity contribution in [2.24, 2.45) is 0 Å². The summed E-state index contributed by atoms with van der Waals surface area (Å²) in [6.07, 6.45) is 0.453. The minimum Gasteiger partial charge on any atom is -0.497 e. The van der Waals surface area contributed by atoms with E-state index in [4.69, 9.17) is 9.47 Å². The van der Waals surface area contributed by atoms with E-state index in [2.05, 4.69) is 18.7 Å². The van der Waals surface area contributed by atoms with Gasteiger partial charge in [-0.1, -0.05) is 12.1 Å². The van der Waals surface area contributed by atoms with E-state index >= 15 is 0 Å². The van der Waals surface area contributed by atoms with Gasteiger partial charge < -0.3 is 19.3 Å². The van der Waals surface area contributed by atoms with E-state index in [0.717, 1.165) is 24.3 Å². The zero-order chi connectivity index (χ0) is 23.1. The Morgan fingerprint density at radius 3 is 2.16 bits per heavy atom. The molecule has 7 nitrogen and oxygen atoms in total. The fraction of sp³-hybridized carbons (Fsp3) is 0.458. The molecule has 0 spiro atoms. The maximum absolute atomic E-state index is 13.1. The lowest BCUT2D eigenvalue weighted by Crippen LogP contribution is -2.43. The summed E-state index contributed by atoms with van der Waals surface area (Å²) < 4.78 is 34.9. The lowest BCUT2D eigenvalue weighted by Gasteiger charge is -2.29. The number of sulfone groups is 1. The summed E-state index contributed by atoms with van der Waals surface area (Å²) in [6.45, 7) is 6.26. The number of carbonyl (C=O) groups excluding carboxylic acids is 1. The van der Waals surface area contributed by atoms with Crippen LogP contribution >= 0.6 is 0 Å². The van der Waals surface area contributed by atoms with Crippen LogP contribution in [0.1, 0.15) is 25.8 Å². The highest BCUT2D eigenvalue weighted by molar-refractivity contribution is 7.91. The summed E-state index contributed by atoms with van der Waals surface area (Å²) in [7, 11) is -1.54. The maximum atomic E-state index is 13.1. The first-order valence-corrected chi connectivity index (χ1v) is 12.8. The van der Waals surface area contributed by atoms with Crippen molar-refractivity contribution in [3.05, 3.63) is 54.1 Å². The van der Waals surface area contributed by atoms with Gasteiger partial charge in [0, 0.05) is 31.4 Å². The van der Waals surface area contributed by atoms with Gasteiger partial charge in [0.2, 0.25) is 0 Å². The minimum absolute atomic E-state index is 0.00118. The highest BCUT2D eigenvalue weighted by Gasteiger charge is 2.34. The van der Waals surface area contributed by atoms with E-state index < -0.39 is 9.84 Å². The monoisotopic (exact) mass is 460 g/mol. The van der Waals surface area contributed by atoms with Gasteiger partial charge in [0.1, 0.15) is 11.5 Å². The summed E-state index contributed by atoms with van der Waals surface area (Å²) in [5.41, 5.74) is 2.09. The van der Waals surface area contributed by atoms with Crippen LogP contribution in [0, 0.1) is 0 Å². The number of hydrogen-bond acceptors (Lipinski definition) is 6. The molecule has 3 rings (SSSR count). The molecule has 174 valence electrons. The summed E-state index contributed by atoms with van der Waals surface area (Å²) in [5.74, 6) is 1.15. The first-order chi connectivity index (χ1) is 15.3. The Balaban J connectivity index is 1.72. The number of rotatable bonds is 10. The largest absolute Gasteiger partial charge is 0.497 e. The van der Waals surface area contributed by atoms with Gasteiger partial charge >= 0.3 is 0 Å². The number of carbonyl (C=O) groups is 1. The van der Waals surface area contributed by atoms with Crippen LogP contribution in [0.2, 0.25) is 0 Å². The van der Waals surface area contributed by atoms with Crippen LogP contribution in [0.15, 0.2) is 48.5 Å². The zero-order valence-corrected chi connectivity index (χ0v) is 19.8. The van der Waals surface area contributed by atoms with Crippen LogP contribution in [-0.2, 0) is 21.2 Å². The van der Waals surface area contributed by atoms with Crippen molar-refractivity contribution in [3.8, 4) is 11.5 Å². The first-order valence-electron chi connectivity index (χ1n) is 11.0. The van der Waals surface area contributed by atoms with Crippen molar-refractivity contribution < 1.29 is 22.7 Å². The Morgan fingerprint density at radius 2 is 1.62 bits per heavy atom. The second-order valence-electron chi connectivity index (χ2n) is 7.88. The molecule has 1 aliphatic rings. The van der Waals surface area contributed by atoms with Crippen molar-refractivity contribution in [1.29, 1.82) is 0 Å². The van der Waals surface area contributed by atoms with E-state index in [1.807, 2.05) is 24.3 Å². The molecule has 1 aliphatic heterocycles. The Hall–Kier alpha value is -2.74. The molecule has 8 heteroatoms. The Bertz CT molecular complexity index is 986. The molecular formula is C24H32N2O5S. The van der Waals surface area contributed by atoms with Crippen LogP contribution in [0.25, 0.3) is 0 Å². The Morgan fingerprint density at radius 1 is 1.00 bits per heavy atom. The predicted octanol–water partition coefficient (Wildman–Crippen LogP) is 3.14. The van der Waals surface area contributed by atoms with Crippen LogP contribution < -0.4 is 14.4 Å². The molecule has 2 aromatic carbocycles. The number of hydrogen-bond donors (Lipinski definition) is 0. The van der Waals surface area contributed by atoms with Crippen LogP contribution in [0.3, 0.4) is 0 Å². The fourth-order valence-corrected chi connectivity index (χ4v) is 5.67. The third-order valence-electron chi connectivity index (χ3n) is 5.81. The smallest absolute Gasteiger partial charge is 0.261 e. The third kappa shape index (κ3) is 6.16. The van der Waals surface area contributed by atoms with Gasteiger partial charge in [-0.2, -0.15) is 0 Å². The van der Waals surface area contributed by atoms with Gasteiger partial charge in [0.15, 0.2) is 16.4 Å². The summed E-state index contributed by atoms with van der Waals surface area (Å²) in [5, 5.41) is 0. The summed E-state index contributed by atoms with van der Waals surface area (Å²) >= 11 is 0. The number of nitrogens with zero attached hydrogens (tertiary/aromatic N) is 2.